The van der Waals surface area contributed by atoms with Crippen LogP contribution in [0, 0.1) is 0 Å². The fourth-order valence-electron chi connectivity index (χ4n) is 9.29. The van der Waals surface area contributed by atoms with Gasteiger partial charge in [0.15, 0.2) is 5.58 Å². The maximum atomic E-state index is 14.6. The Balaban J connectivity index is 0.904. The van der Waals surface area contributed by atoms with E-state index in [4.69, 9.17) is 8.83 Å². The molecule has 290 valence electrons. The van der Waals surface area contributed by atoms with Crippen molar-refractivity contribution in [3.63, 3.8) is 0 Å². The molecule has 0 saturated carbocycles. The standard InChI is InChI=1S/C56H30O4S2/c57-52-43-23-26-48-51(53(58)45-30-34(21-24-46(45)59-48)32-10-6-12-36(28-32)38-16-8-18-42-40-14-2-4-20-50(40)62-56(38)42)54(43)60-47-25-22-33(29-44(47)52)31-9-5-11-35(27-31)37-15-7-17-41-39-13-1-3-19-49(39)61-55(37)41/h1-30H. The first kappa shape index (κ1) is 35.1. The minimum absolute atomic E-state index is 0.199. The van der Waals surface area contributed by atoms with Crippen molar-refractivity contribution >= 4 is 107 Å². The van der Waals surface area contributed by atoms with E-state index in [2.05, 4.69) is 133 Å². The highest BCUT2D eigenvalue weighted by Crippen LogP contribution is 2.42. The molecular formula is C56H30O4S2. The third-order valence-electron chi connectivity index (χ3n) is 12.3. The molecule has 13 rings (SSSR count). The summed E-state index contributed by atoms with van der Waals surface area (Å²) in [6.07, 6.45) is 0. The fraction of sp³-hybridized carbons (Fsp3) is 0. The fourth-order valence-corrected chi connectivity index (χ4v) is 11.8. The quantitative estimate of drug-likeness (QED) is 0.131. The lowest BCUT2D eigenvalue weighted by molar-refractivity contribution is 0.649. The number of hydrogen-bond donors (Lipinski definition) is 0. The lowest BCUT2D eigenvalue weighted by Gasteiger charge is -2.10. The summed E-state index contributed by atoms with van der Waals surface area (Å²) in [6, 6.07) is 61.8. The van der Waals surface area contributed by atoms with E-state index >= 15 is 0 Å². The molecule has 4 nitrogen and oxygen atoms in total. The van der Waals surface area contributed by atoms with E-state index in [9.17, 15) is 9.59 Å². The van der Waals surface area contributed by atoms with Crippen LogP contribution in [0.4, 0.5) is 0 Å². The van der Waals surface area contributed by atoms with Crippen LogP contribution in [-0.4, -0.2) is 0 Å². The monoisotopic (exact) mass is 830 g/mol. The average Bonchev–Trinajstić information content (AvgIpc) is 3.90. The van der Waals surface area contributed by atoms with E-state index in [0.29, 0.717) is 32.9 Å². The Hall–Kier alpha value is -7.64. The number of thiophene rings is 2. The molecule has 4 aromatic heterocycles. The van der Waals surface area contributed by atoms with Crippen molar-refractivity contribution in [2.45, 2.75) is 0 Å². The van der Waals surface area contributed by atoms with Gasteiger partial charge in [-0.25, -0.2) is 0 Å². The Morgan fingerprint density at radius 1 is 0.323 bits per heavy atom. The zero-order chi connectivity index (χ0) is 41.1. The maximum Gasteiger partial charge on any atom is 0.204 e. The van der Waals surface area contributed by atoms with Gasteiger partial charge in [-0.1, -0.05) is 121 Å². The molecule has 0 unspecified atom stereocenters. The van der Waals surface area contributed by atoms with Gasteiger partial charge in [0.2, 0.25) is 10.9 Å². The Kier molecular flexibility index (Phi) is 7.61. The normalized spacial score (nSPS) is 12.0. The molecule has 13 aromatic rings. The lowest BCUT2D eigenvalue weighted by Crippen LogP contribution is -2.07. The highest BCUT2D eigenvalue weighted by atomic mass is 32.1. The van der Waals surface area contributed by atoms with Crippen molar-refractivity contribution in [2.24, 2.45) is 0 Å². The van der Waals surface area contributed by atoms with Crippen LogP contribution in [0.3, 0.4) is 0 Å². The van der Waals surface area contributed by atoms with Crippen LogP contribution in [0.2, 0.25) is 0 Å². The van der Waals surface area contributed by atoms with Gasteiger partial charge in [0.05, 0.1) is 16.2 Å². The van der Waals surface area contributed by atoms with Gasteiger partial charge in [0, 0.05) is 40.3 Å². The molecule has 0 aliphatic rings. The van der Waals surface area contributed by atoms with E-state index < -0.39 is 0 Å². The second kappa shape index (κ2) is 13.4. The van der Waals surface area contributed by atoms with Crippen molar-refractivity contribution in [1.29, 1.82) is 0 Å². The third kappa shape index (κ3) is 5.30. The van der Waals surface area contributed by atoms with E-state index in [1.165, 1.54) is 51.5 Å². The van der Waals surface area contributed by atoms with Gasteiger partial charge in [-0.15, -0.1) is 22.7 Å². The van der Waals surface area contributed by atoms with Crippen LogP contribution in [0.5, 0.6) is 0 Å². The molecule has 0 aliphatic heterocycles. The predicted octanol–water partition coefficient (Wildman–Crippen LogP) is 15.6. The lowest BCUT2D eigenvalue weighted by atomic mass is 9.96. The number of hydrogen-bond acceptors (Lipinski definition) is 6. The SMILES string of the molecule is O=c1c2cc(-c3cccc(-c4cccc5c4sc4ccccc45)c3)ccc2oc2c1ccc1oc3ccc(-c4cccc(-c5cccc6c5sc5ccccc56)c4)cc3c(=O)c12. The highest BCUT2D eigenvalue weighted by Gasteiger charge is 2.19. The molecule has 62 heavy (non-hydrogen) atoms. The molecule has 0 atom stereocenters. The molecule has 0 aliphatic carbocycles. The van der Waals surface area contributed by atoms with Crippen molar-refractivity contribution in [3.05, 3.63) is 202 Å². The van der Waals surface area contributed by atoms with Crippen molar-refractivity contribution in [2.75, 3.05) is 0 Å². The summed E-state index contributed by atoms with van der Waals surface area (Å²) in [5.41, 5.74) is 9.35. The van der Waals surface area contributed by atoms with Gasteiger partial charge < -0.3 is 8.83 Å². The molecule has 0 saturated heterocycles. The molecule has 0 radical (unpaired) electrons. The third-order valence-corrected chi connectivity index (χ3v) is 14.7. The van der Waals surface area contributed by atoms with Crippen LogP contribution >= 0.6 is 22.7 Å². The Morgan fingerprint density at radius 2 is 0.790 bits per heavy atom. The largest absolute Gasteiger partial charge is 0.456 e. The van der Waals surface area contributed by atoms with Crippen molar-refractivity contribution in [1.82, 2.24) is 0 Å². The smallest absolute Gasteiger partial charge is 0.204 e. The van der Waals surface area contributed by atoms with E-state index in [1.807, 2.05) is 59.1 Å². The number of fused-ring (bicyclic) bond motifs is 11. The second-order valence-electron chi connectivity index (χ2n) is 15.8. The molecule has 0 bridgehead atoms. The van der Waals surface area contributed by atoms with Crippen LogP contribution in [0.1, 0.15) is 0 Å². The van der Waals surface area contributed by atoms with Gasteiger partial charge in [-0.05, 0) is 105 Å². The predicted molar refractivity (Wildman–Crippen MR) is 261 cm³/mol. The minimum atomic E-state index is -0.246. The molecule has 9 aromatic carbocycles. The highest BCUT2D eigenvalue weighted by molar-refractivity contribution is 7.26. The summed E-state index contributed by atoms with van der Waals surface area (Å²) in [5, 5.41) is 6.48. The van der Waals surface area contributed by atoms with Crippen molar-refractivity contribution < 1.29 is 8.83 Å². The zero-order valence-electron chi connectivity index (χ0n) is 32.8. The first-order chi connectivity index (χ1) is 30.5. The van der Waals surface area contributed by atoms with E-state index in [1.54, 1.807) is 12.1 Å². The zero-order valence-corrected chi connectivity index (χ0v) is 34.4. The molecule has 4 heterocycles. The molecule has 6 heteroatoms. The van der Waals surface area contributed by atoms with E-state index in [0.717, 1.165) is 33.4 Å². The minimum Gasteiger partial charge on any atom is -0.456 e. The molecular weight excluding hydrogens is 801 g/mol. The summed E-state index contributed by atoms with van der Waals surface area (Å²) >= 11 is 3.62. The second-order valence-corrected chi connectivity index (χ2v) is 17.9. The Labute approximate surface area is 360 Å². The summed E-state index contributed by atoms with van der Waals surface area (Å²) in [5.74, 6) is 0. The summed E-state index contributed by atoms with van der Waals surface area (Å²) in [7, 11) is 0. The van der Waals surface area contributed by atoms with Crippen molar-refractivity contribution in [3.8, 4) is 44.5 Å². The first-order valence-electron chi connectivity index (χ1n) is 20.5. The van der Waals surface area contributed by atoms with Crippen LogP contribution in [0.15, 0.2) is 200 Å². The topological polar surface area (TPSA) is 60.4 Å². The molecule has 0 spiro atoms. The maximum absolute atomic E-state index is 14.6. The van der Waals surface area contributed by atoms with E-state index in [-0.39, 0.29) is 21.8 Å². The Morgan fingerprint density at radius 3 is 1.39 bits per heavy atom. The average molecular weight is 831 g/mol. The molecule has 0 amide bonds. The summed E-state index contributed by atoms with van der Waals surface area (Å²) in [4.78, 5) is 28.9. The van der Waals surface area contributed by atoms with Gasteiger partial charge >= 0.3 is 0 Å². The summed E-state index contributed by atoms with van der Waals surface area (Å²) < 4.78 is 17.9. The number of rotatable bonds is 4. The van der Waals surface area contributed by atoms with Crippen LogP contribution < -0.4 is 10.9 Å². The van der Waals surface area contributed by atoms with Crippen LogP contribution in [0.25, 0.3) is 129 Å². The first-order valence-corrected chi connectivity index (χ1v) is 22.1. The Bertz CT molecular complexity index is 4170. The van der Waals surface area contributed by atoms with Gasteiger partial charge in [-0.2, -0.15) is 0 Å². The van der Waals surface area contributed by atoms with Gasteiger partial charge in [0.1, 0.15) is 22.1 Å². The van der Waals surface area contributed by atoms with Gasteiger partial charge in [0.25, 0.3) is 0 Å². The molecule has 0 fully saturated rings. The van der Waals surface area contributed by atoms with Gasteiger partial charge in [-0.3, -0.25) is 9.59 Å². The number of benzene rings is 9. The molecule has 0 N–H and O–H groups in total. The van der Waals surface area contributed by atoms with Crippen LogP contribution in [-0.2, 0) is 0 Å². The summed E-state index contributed by atoms with van der Waals surface area (Å²) in [6.45, 7) is 0.